The van der Waals surface area contributed by atoms with Crippen molar-refractivity contribution in [3.63, 3.8) is 0 Å². The predicted molar refractivity (Wildman–Crippen MR) is 84.6 cm³/mol. The van der Waals surface area contributed by atoms with Crippen molar-refractivity contribution in [3.8, 4) is 5.75 Å². The number of anilines is 1. The van der Waals surface area contributed by atoms with E-state index >= 15 is 0 Å². The molecule has 2 aromatic rings. The Morgan fingerprint density at radius 2 is 1.95 bits per heavy atom. The number of nitrogens with one attached hydrogen (secondary N) is 1. The number of benzene rings is 2. The third kappa shape index (κ3) is 4.53. The highest BCUT2D eigenvalue weighted by Crippen LogP contribution is 2.12. The van der Waals surface area contributed by atoms with Crippen molar-refractivity contribution in [1.29, 1.82) is 0 Å². The number of amides is 1. The molecule has 3 N–H and O–H groups in total. The van der Waals surface area contributed by atoms with E-state index in [1.54, 1.807) is 6.07 Å². The van der Waals surface area contributed by atoms with Crippen molar-refractivity contribution in [3.05, 3.63) is 59.2 Å². The standard InChI is InChI=1S/C17H20N2O2/c1-12-4-3-5-16(10-12)21-7-6-19-17(20)14-8-13(2)9-15(18)11-14/h3-5,8-11H,6-7,18H2,1-2H3,(H,19,20). The zero-order chi connectivity index (χ0) is 15.2. The van der Waals surface area contributed by atoms with E-state index in [1.165, 1.54) is 0 Å². The smallest absolute Gasteiger partial charge is 0.251 e. The third-order valence-electron chi connectivity index (χ3n) is 3.01. The first kappa shape index (κ1) is 14.9. The van der Waals surface area contributed by atoms with Gasteiger partial charge in [0.1, 0.15) is 12.4 Å². The molecule has 0 spiro atoms. The Bertz CT molecular complexity index is 618. The number of hydrogen-bond donors (Lipinski definition) is 2. The van der Waals surface area contributed by atoms with Gasteiger partial charge in [0.25, 0.3) is 5.91 Å². The summed E-state index contributed by atoms with van der Waals surface area (Å²) in [6.07, 6.45) is 0. The topological polar surface area (TPSA) is 64.3 Å². The second-order valence-electron chi connectivity index (χ2n) is 5.05. The van der Waals surface area contributed by atoms with E-state index in [-0.39, 0.29) is 5.91 Å². The van der Waals surface area contributed by atoms with Crippen LogP contribution in [0.15, 0.2) is 42.5 Å². The maximum Gasteiger partial charge on any atom is 0.251 e. The SMILES string of the molecule is Cc1cccc(OCCNC(=O)c2cc(C)cc(N)c2)c1. The van der Waals surface area contributed by atoms with E-state index < -0.39 is 0 Å². The van der Waals surface area contributed by atoms with Gasteiger partial charge in [-0.05, 0) is 55.3 Å². The van der Waals surface area contributed by atoms with E-state index in [0.29, 0.717) is 24.4 Å². The first-order valence-corrected chi connectivity index (χ1v) is 6.89. The van der Waals surface area contributed by atoms with Crippen LogP contribution in [-0.4, -0.2) is 19.1 Å². The Labute approximate surface area is 124 Å². The number of nitrogen functional groups attached to an aromatic ring is 1. The Balaban J connectivity index is 1.82. The highest BCUT2D eigenvalue weighted by molar-refractivity contribution is 5.95. The van der Waals surface area contributed by atoms with Crippen molar-refractivity contribution >= 4 is 11.6 Å². The van der Waals surface area contributed by atoms with Crippen molar-refractivity contribution < 1.29 is 9.53 Å². The van der Waals surface area contributed by atoms with Gasteiger partial charge in [0.15, 0.2) is 0 Å². The monoisotopic (exact) mass is 284 g/mol. The largest absolute Gasteiger partial charge is 0.492 e. The number of rotatable bonds is 5. The Morgan fingerprint density at radius 1 is 1.14 bits per heavy atom. The van der Waals surface area contributed by atoms with Crippen LogP contribution in [0.2, 0.25) is 0 Å². The summed E-state index contributed by atoms with van der Waals surface area (Å²) in [4.78, 5) is 12.0. The number of nitrogens with two attached hydrogens (primary N) is 1. The van der Waals surface area contributed by atoms with Gasteiger partial charge in [0, 0.05) is 11.3 Å². The number of hydrogen-bond acceptors (Lipinski definition) is 3. The molecule has 110 valence electrons. The van der Waals surface area contributed by atoms with E-state index in [4.69, 9.17) is 10.5 Å². The van der Waals surface area contributed by atoms with E-state index in [0.717, 1.165) is 16.9 Å². The summed E-state index contributed by atoms with van der Waals surface area (Å²) in [7, 11) is 0. The molecule has 0 unspecified atom stereocenters. The van der Waals surface area contributed by atoms with Gasteiger partial charge in [-0.3, -0.25) is 4.79 Å². The molecule has 0 aliphatic heterocycles. The second-order valence-corrected chi connectivity index (χ2v) is 5.05. The number of carbonyl (C=O) groups excluding carboxylic acids is 1. The fraction of sp³-hybridized carbons (Fsp3) is 0.235. The van der Waals surface area contributed by atoms with Crippen LogP contribution in [0.5, 0.6) is 5.75 Å². The van der Waals surface area contributed by atoms with Crippen LogP contribution in [0, 0.1) is 13.8 Å². The van der Waals surface area contributed by atoms with Crippen molar-refractivity contribution in [2.75, 3.05) is 18.9 Å². The van der Waals surface area contributed by atoms with Crippen LogP contribution in [-0.2, 0) is 0 Å². The van der Waals surface area contributed by atoms with Gasteiger partial charge in [0.05, 0.1) is 6.54 Å². The minimum absolute atomic E-state index is 0.141. The highest BCUT2D eigenvalue weighted by atomic mass is 16.5. The van der Waals surface area contributed by atoms with Crippen LogP contribution in [0.3, 0.4) is 0 Å². The lowest BCUT2D eigenvalue weighted by molar-refractivity contribution is 0.0947. The van der Waals surface area contributed by atoms with Gasteiger partial charge >= 0.3 is 0 Å². The van der Waals surface area contributed by atoms with Crippen molar-refractivity contribution in [2.45, 2.75) is 13.8 Å². The molecule has 0 fully saturated rings. The quantitative estimate of drug-likeness (QED) is 0.655. The van der Waals surface area contributed by atoms with Crippen molar-refractivity contribution in [1.82, 2.24) is 5.32 Å². The molecule has 4 heteroatoms. The Hall–Kier alpha value is -2.49. The zero-order valence-electron chi connectivity index (χ0n) is 12.3. The number of ether oxygens (including phenoxy) is 1. The predicted octanol–water partition coefficient (Wildman–Crippen LogP) is 2.69. The summed E-state index contributed by atoms with van der Waals surface area (Å²) in [5.74, 6) is 0.669. The van der Waals surface area contributed by atoms with Gasteiger partial charge in [-0.15, -0.1) is 0 Å². The van der Waals surface area contributed by atoms with Crippen LogP contribution in [0.25, 0.3) is 0 Å². The molecule has 0 saturated carbocycles. The Morgan fingerprint density at radius 3 is 2.67 bits per heavy atom. The molecule has 0 aliphatic rings. The average Bonchev–Trinajstić information content (AvgIpc) is 2.42. The first-order valence-electron chi connectivity index (χ1n) is 6.89. The third-order valence-corrected chi connectivity index (χ3v) is 3.01. The number of aryl methyl sites for hydroxylation is 2. The number of carbonyl (C=O) groups is 1. The summed E-state index contributed by atoms with van der Waals surface area (Å²) in [5.41, 5.74) is 9.02. The lowest BCUT2D eigenvalue weighted by atomic mass is 10.1. The van der Waals surface area contributed by atoms with Gasteiger partial charge < -0.3 is 15.8 Å². The van der Waals surface area contributed by atoms with Crippen LogP contribution in [0.4, 0.5) is 5.69 Å². The normalized spacial score (nSPS) is 10.2. The molecule has 0 aromatic heterocycles. The summed E-state index contributed by atoms with van der Waals surface area (Å²) in [6, 6.07) is 13.1. The fourth-order valence-corrected chi connectivity index (χ4v) is 2.08. The molecule has 0 atom stereocenters. The molecule has 0 radical (unpaired) electrons. The Kier molecular flexibility index (Phi) is 4.82. The lowest BCUT2D eigenvalue weighted by Gasteiger charge is -2.09. The van der Waals surface area contributed by atoms with Crippen molar-refractivity contribution in [2.24, 2.45) is 0 Å². The van der Waals surface area contributed by atoms with E-state index in [2.05, 4.69) is 5.32 Å². The minimum Gasteiger partial charge on any atom is -0.492 e. The average molecular weight is 284 g/mol. The molecule has 4 nitrogen and oxygen atoms in total. The molecule has 2 aromatic carbocycles. The molecule has 1 amide bonds. The molecule has 0 bridgehead atoms. The second kappa shape index (κ2) is 6.79. The maximum atomic E-state index is 12.0. The molecule has 0 aliphatic carbocycles. The highest BCUT2D eigenvalue weighted by Gasteiger charge is 2.06. The van der Waals surface area contributed by atoms with Gasteiger partial charge in [-0.25, -0.2) is 0 Å². The van der Waals surface area contributed by atoms with Gasteiger partial charge in [0.2, 0.25) is 0 Å². The lowest BCUT2D eigenvalue weighted by Crippen LogP contribution is -2.28. The first-order chi connectivity index (χ1) is 10.0. The van der Waals surface area contributed by atoms with E-state index in [1.807, 2.05) is 50.2 Å². The maximum absolute atomic E-state index is 12.0. The minimum atomic E-state index is -0.141. The molecular formula is C17H20N2O2. The molecule has 2 rings (SSSR count). The molecule has 0 heterocycles. The summed E-state index contributed by atoms with van der Waals surface area (Å²) < 4.78 is 5.58. The van der Waals surface area contributed by atoms with E-state index in [9.17, 15) is 4.79 Å². The van der Waals surface area contributed by atoms with Crippen LogP contribution >= 0.6 is 0 Å². The molecule has 21 heavy (non-hydrogen) atoms. The van der Waals surface area contributed by atoms with Crippen LogP contribution in [0.1, 0.15) is 21.5 Å². The fourth-order valence-electron chi connectivity index (χ4n) is 2.08. The summed E-state index contributed by atoms with van der Waals surface area (Å²) in [5, 5.41) is 2.82. The zero-order valence-corrected chi connectivity index (χ0v) is 12.3. The van der Waals surface area contributed by atoms with Gasteiger partial charge in [-0.1, -0.05) is 12.1 Å². The molecular weight excluding hydrogens is 264 g/mol. The van der Waals surface area contributed by atoms with Crippen LogP contribution < -0.4 is 15.8 Å². The summed E-state index contributed by atoms with van der Waals surface area (Å²) >= 11 is 0. The molecule has 0 saturated heterocycles. The van der Waals surface area contributed by atoms with Gasteiger partial charge in [-0.2, -0.15) is 0 Å². The summed E-state index contributed by atoms with van der Waals surface area (Å²) in [6.45, 7) is 4.79.